The predicted octanol–water partition coefficient (Wildman–Crippen LogP) is 3.73. The molecule has 0 aromatic heterocycles. The normalized spacial score (nSPS) is 17.8. The van der Waals surface area contributed by atoms with Crippen molar-refractivity contribution in [2.45, 2.75) is 13.0 Å². The number of ether oxygens (including phenoxy) is 2. The molecule has 2 aromatic carbocycles. The number of hydrogen-bond acceptors (Lipinski definition) is 6. The smallest absolute Gasteiger partial charge is 0.295 e. The van der Waals surface area contributed by atoms with Crippen molar-refractivity contribution in [3.63, 3.8) is 0 Å². The quantitative estimate of drug-likeness (QED) is 0.369. The van der Waals surface area contributed by atoms with Gasteiger partial charge in [0.1, 0.15) is 17.3 Å². The molecule has 1 fully saturated rings. The zero-order chi connectivity index (χ0) is 23.4. The molecule has 1 atom stereocenters. The number of carbonyl (C=O) groups excluding carboxylic acids is 2. The number of benzene rings is 2. The minimum atomic E-state index is -0.757. The Hall–Kier alpha value is -3.03. The number of hydrogen-bond donors (Lipinski definition) is 1. The first-order valence-corrected chi connectivity index (χ1v) is 10.7. The second-order valence-corrected chi connectivity index (χ2v) is 8.05. The Labute approximate surface area is 192 Å². The Morgan fingerprint density at radius 1 is 1.12 bits per heavy atom. The van der Waals surface area contributed by atoms with Gasteiger partial charge in [0, 0.05) is 18.7 Å². The fourth-order valence-electron chi connectivity index (χ4n) is 3.64. The Morgan fingerprint density at radius 2 is 1.78 bits per heavy atom. The van der Waals surface area contributed by atoms with Crippen LogP contribution in [0.25, 0.3) is 5.76 Å². The van der Waals surface area contributed by atoms with Crippen LogP contribution in [-0.4, -0.2) is 67.5 Å². The summed E-state index contributed by atoms with van der Waals surface area (Å²) in [7, 11) is 5.27. The van der Waals surface area contributed by atoms with Crippen LogP contribution in [0.3, 0.4) is 0 Å². The summed E-state index contributed by atoms with van der Waals surface area (Å²) in [6, 6.07) is 11.2. The average Bonchev–Trinajstić information content (AvgIpc) is 3.03. The molecule has 0 radical (unpaired) electrons. The van der Waals surface area contributed by atoms with Gasteiger partial charge in [0.15, 0.2) is 0 Å². The molecule has 0 aliphatic carbocycles. The Balaban J connectivity index is 2.16. The summed E-state index contributed by atoms with van der Waals surface area (Å²) in [4.78, 5) is 29.4. The van der Waals surface area contributed by atoms with Crippen LogP contribution >= 0.6 is 11.6 Å². The second-order valence-electron chi connectivity index (χ2n) is 7.64. The summed E-state index contributed by atoms with van der Waals surface area (Å²) in [5.74, 6) is -0.600. The number of ketones is 1. The Kier molecular flexibility index (Phi) is 7.43. The highest BCUT2D eigenvalue weighted by molar-refractivity contribution is 6.47. The van der Waals surface area contributed by atoms with Crippen molar-refractivity contribution in [3.05, 3.63) is 64.2 Å². The summed E-state index contributed by atoms with van der Waals surface area (Å²) in [5.41, 5.74) is 0.910. The second kappa shape index (κ2) is 10.1. The fraction of sp³-hybridized carbons (Fsp3) is 0.333. The fourth-order valence-corrected chi connectivity index (χ4v) is 3.84. The molecule has 0 spiro atoms. The van der Waals surface area contributed by atoms with Crippen molar-refractivity contribution in [3.8, 4) is 11.5 Å². The Morgan fingerprint density at radius 3 is 2.38 bits per heavy atom. The number of nitrogens with zero attached hydrogens (tertiary/aromatic N) is 2. The van der Waals surface area contributed by atoms with Crippen LogP contribution in [0.5, 0.6) is 11.5 Å². The van der Waals surface area contributed by atoms with E-state index in [1.165, 1.54) is 12.0 Å². The molecule has 1 N–H and O–H groups in total. The summed E-state index contributed by atoms with van der Waals surface area (Å²) < 4.78 is 10.7. The lowest BCUT2D eigenvalue weighted by Gasteiger charge is -2.26. The van der Waals surface area contributed by atoms with Crippen LogP contribution in [-0.2, 0) is 9.59 Å². The number of amides is 1. The molecule has 8 heteroatoms. The van der Waals surface area contributed by atoms with Crippen LogP contribution in [0.15, 0.2) is 48.0 Å². The van der Waals surface area contributed by atoms with E-state index in [9.17, 15) is 14.7 Å². The molecule has 1 saturated heterocycles. The zero-order valence-electron chi connectivity index (χ0n) is 18.6. The third-order valence-corrected chi connectivity index (χ3v) is 5.59. The molecule has 1 heterocycles. The molecule has 1 unspecified atom stereocenters. The van der Waals surface area contributed by atoms with E-state index < -0.39 is 17.7 Å². The molecule has 1 amide bonds. The molecule has 3 rings (SSSR count). The molecule has 0 bridgehead atoms. The van der Waals surface area contributed by atoms with Crippen LogP contribution < -0.4 is 9.47 Å². The van der Waals surface area contributed by atoms with Crippen LogP contribution in [0.4, 0.5) is 0 Å². The van der Waals surface area contributed by atoms with Crippen molar-refractivity contribution in [2.24, 2.45) is 0 Å². The van der Waals surface area contributed by atoms with Gasteiger partial charge in [-0.25, -0.2) is 0 Å². The molecular formula is C24H27ClN2O5. The van der Waals surface area contributed by atoms with Gasteiger partial charge >= 0.3 is 0 Å². The molecule has 170 valence electrons. The third kappa shape index (κ3) is 4.74. The Bertz CT molecular complexity index is 1030. The maximum atomic E-state index is 13.1. The monoisotopic (exact) mass is 458 g/mol. The lowest BCUT2D eigenvalue weighted by Crippen LogP contribution is -2.35. The summed E-state index contributed by atoms with van der Waals surface area (Å²) in [5, 5.41) is 11.4. The topological polar surface area (TPSA) is 79.3 Å². The van der Waals surface area contributed by atoms with Crippen molar-refractivity contribution >= 4 is 29.1 Å². The van der Waals surface area contributed by atoms with Gasteiger partial charge in [-0.1, -0.05) is 23.7 Å². The van der Waals surface area contributed by atoms with E-state index in [0.717, 1.165) is 0 Å². The molecule has 32 heavy (non-hydrogen) atoms. The van der Waals surface area contributed by atoms with Crippen molar-refractivity contribution < 1.29 is 24.2 Å². The number of likely N-dealkylation sites (tertiary alicyclic amines) is 1. The van der Waals surface area contributed by atoms with E-state index >= 15 is 0 Å². The molecule has 1 aliphatic heterocycles. The molecular weight excluding hydrogens is 432 g/mol. The van der Waals surface area contributed by atoms with Gasteiger partial charge in [-0.2, -0.15) is 0 Å². The summed E-state index contributed by atoms with van der Waals surface area (Å²) >= 11 is 6.32. The highest BCUT2D eigenvalue weighted by atomic mass is 35.5. The van der Waals surface area contributed by atoms with E-state index in [2.05, 4.69) is 0 Å². The van der Waals surface area contributed by atoms with Gasteiger partial charge < -0.3 is 24.4 Å². The number of likely N-dealkylation sites (N-methyl/N-ethyl adjacent to an activating group) is 1. The average molecular weight is 459 g/mol. The summed E-state index contributed by atoms with van der Waals surface area (Å²) in [6.45, 7) is 3.29. The van der Waals surface area contributed by atoms with Gasteiger partial charge in [-0.15, -0.1) is 0 Å². The van der Waals surface area contributed by atoms with E-state index in [0.29, 0.717) is 36.8 Å². The largest absolute Gasteiger partial charge is 0.507 e. The first-order valence-electron chi connectivity index (χ1n) is 10.3. The van der Waals surface area contributed by atoms with Gasteiger partial charge in [-0.3, -0.25) is 9.59 Å². The molecule has 1 aliphatic rings. The van der Waals surface area contributed by atoms with Gasteiger partial charge in [0.2, 0.25) is 0 Å². The SMILES string of the molecule is CCOc1ccc(C2/C(=C(\O)c3cc(OC)ccc3Cl)C(=O)C(=O)N2CCN(C)C)cc1. The van der Waals surface area contributed by atoms with Crippen LogP contribution in [0.2, 0.25) is 5.02 Å². The number of rotatable bonds is 8. The first-order chi connectivity index (χ1) is 15.3. The van der Waals surface area contributed by atoms with E-state index in [1.807, 2.05) is 25.9 Å². The highest BCUT2D eigenvalue weighted by Crippen LogP contribution is 2.41. The van der Waals surface area contributed by atoms with Gasteiger partial charge in [-0.05, 0) is 56.9 Å². The van der Waals surface area contributed by atoms with Gasteiger partial charge in [0.25, 0.3) is 11.7 Å². The zero-order valence-corrected chi connectivity index (χ0v) is 19.3. The van der Waals surface area contributed by atoms with Crippen molar-refractivity contribution in [2.75, 3.05) is 40.9 Å². The van der Waals surface area contributed by atoms with Crippen LogP contribution in [0.1, 0.15) is 24.1 Å². The van der Waals surface area contributed by atoms with Crippen molar-refractivity contribution in [1.29, 1.82) is 0 Å². The minimum absolute atomic E-state index is 0.00642. The number of methoxy groups -OCH3 is 1. The number of aliphatic hydroxyl groups excluding tert-OH is 1. The number of carbonyl (C=O) groups is 2. The van der Waals surface area contributed by atoms with E-state index in [1.54, 1.807) is 42.5 Å². The molecule has 7 nitrogen and oxygen atoms in total. The number of aliphatic hydroxyl groups is 1. The van der Waals surface area contributed by atoms with Gasteiger partial charge in [0.05, 0.1) is 30.4 Å². The van der Waals surface area contributed by atoms with E-state index in [4.69, 9.17) is 21.1 Å². The molecule has 2 aromatic rings. The van der Waals surface area contributed by atoms with Crippen molar-refractivity contribution in [1.82, 2.24) is 9.80 Å². The lowest BCUT2D eigenvalue weighted by molar-refractivity contribution is -0.140. The highest BCUT2D eigenvalue weighted by Gasteiger charge is 2.46. The van der Waals surface area contributed by atoms with Crippen LogP contribution in [0, 0.1) is 0 Å². The number of Topliss-reactive ketones (excluding diaryl/α,β-unsaturated/α-hetero) is 1. The predicted molar refractivity (Wildman–Crippen MR) is 123 cm³/mol. The maximum absolute atomic E-state index is 13.1. The number of halogens is 1. The van der Waals surface area contributed by atoms with E-state index in [-0.39, 0.29) is 21.9 Å². The summed E-state index contributed by atoms with van der Waals surface area (Å²) in [6.07, 6.45) is 0. The standard InChI is InChI=1S/C24H27ClN2O5/c1-5-32-16-8-6-15(7-9-16)21-20(23(29)24(30)27(21)13-12-26(2)3)22(28)18-14-17(31-4)10-11-19(18)25/h6-11,14,21,28H,5,12-13H2,1-4H3/b22-20+. The first kappa shape index (κ1) is 23.6. The lowest BCUT2D eigenvalue weighted by atomic mass is 9.95. The maximum Gasteiger partial charge on any atom is 0.295 e. The third-order valence-electron chi connectivity index (χ3n) is 5.26. The minimum Gasteiger partial charge on any atom is -0.507 e. The molecule has 0 saturated carbocycles.